The van der Waals surface area contributed by atoms with Crippen molar-refractivity contribution in [2.45, 2.75) is 48.6 Å². The van der Waals surface area contributed by atoms with Gasteiger partial charge in [0, 0.05) is 49.0 Å². The van der Waals surface area contributed by atoms with E-state index in [1.54, 1.807) is 36.5 Å². The van der Waals surface area contributed by atoms with E-state index in [-0.39, 0.29) is 41.6 Å². The van der Waals surface area contributed by atoms with E-state index in [1.165, 1.54) is 7.11 Å². The first-order valence-corrected chi connectivity index (χ1v) is 17.8. The number of rotatable bonds is 11. The molecule has 4 heterocycles. The Morgan fingerprint density at radius 2 is 2.02 bits per heavy atom. The van der Waals surface area contributed by atoms with E-state index < -0.39 is 29.1 Å². The summed E-state index contributed by atoms with van der Waals surface area (Å²) < 4.78 is 31.9. The molecule has 0 spiro atoms. The Morgan fingerprint density at radius 1 is 1.23 bits per heavy atom. The molecule has 0 radical (unpaired) electrons. The average molecular weight is 748 g/mol. The van der Waals surface area contributed by atoms with Crippen LogP contribution < -0.4 is 15.4 Å². The van der Waals surface area contributed by atoms with Crippen LogP contribution in [-0.4, -0.2) is 83.0 Å². The second-order valence-corrected chi connectivity index (χ2v) is 14.2. The smallest absolute Gasteiger partial charge is 0.271 e. The van der Waals surface area contributed by atoms with Crippen LogP contribution in [0, 0.1) is 11.3 Å². The SMILES string of the molecule is COc1cc(C(=O)NC2(c3nc4cc(CN5CCC(F)(CO)CC5)cc(C#N)c4o3)C=CC=C(c3ccccc3Cl)C2Cl)ncc1CNC1COC1. The van der Waals surface area contributed by atoms with Crippen molar-refractivity contribution in [1.29, 1.82) is 5.26 Å². The normalized spacial score (nSPS) is 21.7. The molecule has 4 aromatic rings. The van der Waals surface area contributed by atoms with Gasteiger partial charge in [0.2, 0.25) is 5.89 Å². The topological polar surface area (TPSA) is 146 Å². The molecule has 2 aromatic heterocycles. The van der Waals surface area contributed by atoms with Crippen molar-refractivity contribution in [2.24, 2.45) is 0 Å². The summed E-state index contributed by atoms with van der Waals surface area (Å²) >= 11 is 14.0. The molecule has 1 aliphatic carbocycles. The van der Waals surface area contributed by atoms with Gasteiger partial charge in [0.1, 0.15) is 28.7 Å². The number of ether oxygens (including phenoxy) is 2. The van der Waals surface area contributed by atoms with Crippen LogP contribution in [0.4, 0.5) is 4.39 Å². The van der Waals surface area contributed by atoms with Gasteiger partial charge in [-0.3, -0.25) is 14.7 Å². The Kier molecular flexibility index (Phi) is 10.4. The fourth-order valence-electron chi connectivity index (χ4n) is 6.72. The summed E-state index contributed by atoms with van der Waals surface area (Å²) in [7, 11) is 1.53. The van der Waals surface area contributed by atoms with E-state index in [9.17, 15) is 19.6 Å². The number of benzene rings is 2. The first-order valence-electron chi connectivity index (χ1n) is 17.0. The number of hydrogen-bond acceptors (Lipinski definition) is 10. The highest BCUT2D eigenvalue weighted by atomic mass is 35.5. The van der Waals surface area contributed by atoms with Crippen molar-refractivity contribution in [3.05, 3.63) is 106 Å². The highest BCUT2D eigenvalue weighted by Crippen LogP contribution is 2.44. The Bertz CT molecular complexity index is 2090. The number of amides is 1. The molecule has 270 valence electrons. The number of hydrogen-bond donors (Lipinski definition) is 3. The third kappa shape index (κ3) is 7.05. The number of nitrogens with one attached hydrogen (secondary N) is 2. The number of piperidine rings is 1. The number of nitriles is 1. The van der Waals surface area contributed by atoms with Crippen molar-refractivity contribution >= 4 is 45.8 Å². The fraction of sp³-hybridized carbons (Fsp3) is 0.368. The van der Waals surface area contributed by atoms with Gasteiger partial charge in [-0.25, -0.2) is 9.37 Å². The molecule has 1 amide bonds. The molecule has 0 bridgehead atoms. The van der Waals surface area contributed by atoms with Crippen LogP contribution >= 0.6 is 23.2 Å². The summed E-state index contributed by atoms with van der Waals surface area (Å²) in [5.41, 5.74) is 0.649. The zero-order valence-corrected chi connectivity index (χ0v) is 29.9. The molecule has 14 heteroatoms. The van der Waals surface area contributed by atoms with E-state index in [2.05, 4.69) is 26.6 Å². The summed E-state index contributed by atoms with van der Waals surface area (Å²) in [6, 6.07) is 14.8. The summed E-state index contributed by atoms with van der Waals surface area (Å²) in [5.74, 6) is -0.0335. The summed E-state index contributed by atoms with van der Waals surface area (Å²) in [4.78, 5) is 25.6. The van der Waals surface area contributed by atoms with Gasteiger partial charge in [0.05, 0.1) is 43.9 Å². The van der Waals surface area contributed by atoms with Gasteiger partial charge >= 0.3 is 0 Å². The molecule has 52 heavy (non-hydrogen) atoms. The van der Waals surface area contributed by atoms with Gasteiger partial charge in [-0.1, -0.05) is 42.0 Å². The minimum atomic E-state index is -1.58. The first-order chi connectivity index (χ1) is 25.1. The lowest BCUT2D eigenvalue weighted by Gasteiger charge is -2.36. The van der Waals surface area contributed by atoms with Crippen LogP contribution in [0.15, 0.2) is 71.3 Å². The maximum atomic E-state index is 14.7. The van der Waals surface area contributed by atoms with Gasteiger partial charge in [0.15, 0.2) is 11.1 Å². The molecule has 11 nitrogen and oxygen atoms in total. The van der Waals surface area contributed by atoms with Crippen LogP contribution in [0.25, 0.3) is 16.7 Å². The van der Waals surface area contributed by atoms with Gasteiger partial charge < -0.3 is 29.6 Å². The van der Waals surface area contributed by atoms with Crippen LogP contribution in [0.5, 0.6) is 5.75 Å². The minimum Gasteiger partial charge on any atom is -0.496 e. The van der Waals surface area contributed by atoms with E-state index in [0.29, 0.717) is 66.8 Å². The van der Waals surface area contributed by atoms with Crippen molar-refractivity contribution in [3.63, 3.8) is 0 Å². The van der Waals surface area contributed by atoms with Crippen molar-refractivity contribution in [2.75, 3.05) is 40.0 Å². The first kappa shape index (κ1) is 36.0. The number of aliphatic hydroxyl groups excluding tert-OH is 1. The lowest BCUT2D eigenvalue weighted by Crippen LogP contribution is -2.52. The lowest BCUT2D eigenvalue weighted by atomic mass is 9.82. The number of alkyl halides is 2. The predicted octanol–water partition coefficient (Wildman–Crippen LogP) is 5.43. The lowest BCUT2D eigenvalue weighted by molar-refractivity contribution is -0.00586. The largest absolute Gasteiger partial charge is 0.496 e. The van der Waals surface area contributed by atoms with E-state index in [0.717, 1.165) is 11.1 Å². The highest BCUT2D eigenvalue weighted by molar-refractivity contribution is 6.34. The molecular weight excluding hydrogens is 710 g/mol. The van der Waals surface area contributed by atoms with Gasteiger partial charge in [-0.15, -0.1) is 11.6 Å². The molecule has 0 saturated carbocycles. The zero-order valence-electron chi connectivity index (χ0n) is 28.4. The molecular formula is C38H37Cl2FN6O5. The van der Waals surface area contributed by atoms with Gasteiger partial charge in [-0.2, -0.15) is 5.26 Å². The monoisotopic (exact) mass is 746 g/mol. The number of oxazole rings is 1. The van der Waals surface area contributed by atoms with Crippen molar-refractivity contribution < 1.29 is 28.2 Å². The number of allylic oxidation sites excluding steroid dienone is 2. The number of carbonyl (C=O) groups is 1. The maximum absolute atomic E-state index is 14.7. The number of nitrogens with zero attached hydrogens (tertiary/aromatic N) is 4. The van der Waals surface area contributed by atoms with Gasteiger partial charge in [0.25, 0.3) is 5.91 Å². The Morgan fingerprint density at radius 3 is 2.71 bits per heavy atom. The molecule has 2 aromatic carbocycles. The number of likely N-dealkylation sites (tertiary alicyclic amines) is 1. The van der Waals surface area contributed by atoms with Gasteiger partial charge in [-0.05, 0) is 53.8 Å². The quantitative estimate of drug-likeness (QED) is 0.170. The molecule has 2 fully saturated rings. The molecule has 2 aliphatic heterocycles. The highest BCUT2D eigenvalue weighted by Gasteiger charge is 2.47. The summed E-state index contributed by atoms with van der Waals surface area (Å²) in [6.07, 6.45) is 7.31. The third-order valence-electron chi connectivity index (χ3n) is 9.89. The second-order valence-electron chi connectivity index (χ2n) is 13.4. The Balaban J connectivity index is 1.24. The number of halogens is 3. The number of carbonyl (C=O) groups excluding carboxylic acids is 1. The Hall–Kier alpha value is -4.35. The second kappa shape index (κ2) is 14.9. The van der Waals surface area contributed by atoms with Crippen LogP contribution in [0.1, 0.15) is 51.5 Å². The summed E-state index contributed by atoms with van der Waals surface area (Å²) in [5, 5.41) is 25.6. The van der Waals surface area contributed by atoms with Crippen LogP contribution in [-0.2, 0) is 23.4 Å². The van der Waals surface area contributed by atoms with Crippen molar-refractivity contribution in [3.8, 4) is 11.8 Å². The average Bonchev–Trinajstić information content (AvgIpc) is 3.58. The number of fused-ring (bicyclic) bond motifs is 1. The molecule has 2 unspecified atom stereocenters. The Labute approximate surface area is 310 Å². The third-order valence-corrected chi connectivity index (χ3v) is 10.8. The number of aliphatic hydroxyl groups is 1. The van der Waals surface area contributed by atoms with Crippen LogP contribution in [0.2, 0.25) is 5.02 Å². The predicted molar refractivity (Wildman–Crippen MR) is 194 cm³/mol. The van der Waals surface area contributed by atoms with Crippen molar-refractivity contribution in [1.82, 2.24) is 25.5 Å². The number of aromatic nitrogens is 2. The van der Waals surface area contributed by atoms with E-state index in [4.69, 9.17) is 42.1 Å². The number of pyridine rings is 1. The number of methoxy groups -OCH3 is 1. The molecule has 2 atom stereocenters. The van der Waals surface area contributed by atoms with Crippen LogP contribution in [0.3, 0.4) is 0 Å². The molecule has 7 rings (SSSR count). The maximum Gasteiger partial charge on any atom is 0.271 e. The molecule has 3 N–H and O–H groups in total. The fourth-order valence-corrected chi connectivity index (χ4v) is 7.38. The molecule has 3 aliphatic rings. The zero-order chi connectivity index (χ0) is 36.5. The van der Waals surface area contributed by atoms with E-state index in [1.807, 2.05) is 30.3 Å². The minimum absolute atomic E-state index is 0.0528. The molecule has 2 saturated heterocycles. The van der Waals surface area contributed by atoms with E-state index >= 15 is 0 Å². The summed E-state index contributed by atoms with van der Waals surface area (Å²) in [6.45, 7) is 2.61. The standard InChI is InChI=1S/C38H37Cl2FN6O5/c1-50-32-15-31(44-18-25(32)17-43-26-20-51-21-26)35(49)46-38(8-4-6-28(34(38)40)27-5-2-3-7-29(27)39)36-45-30-14-23(13-24(16-42)33(30)52-36)19-47-11-9-37(41,22-48)10-12-47/h2-8,13-15,18,26,34,43,48H,9-12,17,19-22H2,1H3,(H,46,49).